The number of ether oxygens (including phenoxy) is 1. The molecule has 1 spiro atoms. The molecule has 4 rings (SSSR count). The fourth-order valence-electron chi connectivity index (χ4n) is 5.37. The lowest BCUT2D eigenvalue weighted by Crippen LogP contribution is -2.49. The number of carbonyl (C=O) groups excluding carboxylic acids is 2. The lowest BCUT2D eigenvalue weighted by Gasteiger charge is -2.43. The zero-order chi connectivity index (χ0) is 22.6. The third kappa shape index (κ3) is 5.41. The molecule has 5 nitrogen and oxygen atoms in total. The molecular formula is C25H34F2N2O3. The number of nitrogens with one attached hydrogen (secondary N) is 1. The molecule has 176 valence electrons. The minimum atomic E-state index is -2.61. The number of hydrogen-bond acceptors (Lipinski definition) is 3. The van der Waals surface area contributed by atoms with Crippen molar-refractivity contribution in [1.82, 2.24) is 10.2 Å². The predicted molar refractivity (Wildman–Crippen MR) is 118 cm³/mol. The number of carbonyl (C=O) groups is 2. The van der Waals surface area contributed by atoms with Crippen LogP contribution in [0.25, 0.3) is 0 Å². The monoisotopic (exact) mass is 448 g/mol. The molecule has 2 fully saturated rings. The normalized spacial score (nSPS) is 24.4. The summed E-state index contributed by atoms with van der Waals surface area (Å²) in [5.74, 6) is -2.34. The van der Waals surface area contributed by atoms with Gasteiger partial charge in [0, 0.05) is 38.4 Å². The Morgan fingerprint density at radius 3 is 2.47 bits per heavy atom. The number of amides is 2. The molecular weight excluding hydrogens is 414 g/mol. The van der Waals surface area contributed by atoms with E-state index in [4.69, 9.17) is 4.74 Å². The second-order valence-electron chi connectivity index (χ2n) is 9.79. The van der Waals surface area contributed by atoms with Crippen molar-refractivity contribution in [2.24, 2.45) is 11.3 Å². The third-order valence-electron chi connectivity index (χ3n) is 7.57. The molecule has 2 aliphatic heterocycles. The highest BCUT2D eigenvalue weighted by molar-refractivity contribution is 5.96. The first-order chi connectivity index (χ1) is 15.4. The molecule has 1 saturated heterocycles. The SMILES string of the molecule is O=C1NCC2(CCCCCOc3ccccc31)CCN(C(=O)C1CCC(F)(F)CC1)CC2. The van der Waals surface area contributed by atoms with Gasteiger partial charge in [0.1, 0.15) is 5.75 Å². The third-order valence-corrected chi connectivity index (χ3v) is 7.57. The number of fused-ring (bicyclic) bond motifs is 1. The van der Waals surface area contributed by atoms with Gasteiger partial charge in [0.25, 0.3) is 5.91 Å². The van der Waals surface area contributed by atoms with Crippen molar-refractivity contribution in [2.45, 2.75) is 70.1 Å². The van der Waals surface area contributed by atoms with Gasteiger partial charge in [0.05, 0.1) is 12.2 Å². The van der Waals surface area contributed by atoms with Crippen LogP contribution < -0.4 is 10.1 Å². The molecule has 0 aromatic heterocycles. The van der Waals surface area contributed by atoms with Gasteiger partial charge in [-0.25, -0.2) is 8.78 Å². The maximum Gasteiger partial charge on any atom is 0.255 e. The first kappa shape index (κ1) is 23.0. The van der Waals surface area contributed by atoms with E-state index in [1.165, 1.54) is 0 Å². The highest BCUT2D eigenvalue weighted by Crippen LogP contribution is 2.40. The van der Waals surface area contributed by atoms with E-state index in [9.17, 15) is 18.4 Å². The molecule has 1 aromatic rings. The molecule has 0 bridgehead atoms. The van der Waals surface area contributed by atoms with Gasteiger partial charge in [-0.1, -0.05) is 25.0 Å². The van der Waals surface area contributed by atoms with Gasteiger partial charge in [-0.3, -0.25) is 9.59 Å². The average Bonchev–Trinajstić information content (AvgIpc) is 2.79. The van der Waals surface area contributed by atoms with Crippen LogP contribution in [-0.4, -0.2) is 48.9 Å². The Morgan fingerprint density at radius 1 is 1.00 bits per heavy atom. The molecule has 0 atom stereocenters. The second kappa shape index (κ2) is 9.75. The average molecular weight is 449 g/mol. The van der Waals surface area contributed by atoms with Crippen LogP contribution >= 0.6 is 0 Å². The van der Waals surface area contributed by atoms with E-state index < -0.39 is 5.92 Å². The Bertz CT molecular complexity index is 811. The van der Waals surface area contributed by atoms with E-state index in [2.05, 4.69) is 5.32 Å². The molecule has 1 aliphatic carbocycles. The highest BCUT2D eigenvalue weighted by atomic mass is 19.3. The number of halogens is 2. The Kier molecular flexibility index (Phi) is 7.01. The van der Waals surface area contributed by atoms with E-state index in [-0.39, 0.29) is 48.8 Å². The second-order valence-corrected chi connectivity index (χ2v) is 9.79. The summed E-state index contributed by atoms with van der Waals surface area (Å²) in [6.07, 6.45) is 5.95. The molecule has 1 saturated carbocycles. The summed E-state index contributed by atoms with van der Waals surface area (Å²) in [4.78, 5) is 27.7. The van der Waals surface area contributed by atoms with Gasteiger partial charge in [-0.05, 0) is 56.1 Å². The molecule has 1 aromatic carbocycles. The number of hydrogen-bond donors (Lipinski definition) is 1. The summed E-state index contributed by atoms with van der Waals surface area (Å²) < 4.78 is 32.8. The van der Waals surface area contributed by atoms with E-state index in [0.717, 1.165) is 38.5 Å². The minimum absolute atomic E-state index is 0.0268. The van der Waals surface area contributed by atoms with Crippen LogP contribution in [0.15, 0.2) is 24.3 Å². The van der Waals surface area contributed by atoms with Crippen molar-refractivity contribution in [2.75, 3.05) is 26.2 Å². The first-order valence-corrected chi connectivity index (χ1v) is 12.0. The fourth-order valence-corrected chi connectivity index (χ4v) is 5.37. The van der Waals surface area contributed by atoms with Gasteiger partial charge in [0.15, 0.2) is 0 Å². The van der Waals surface area contributed by atoms with E-state index in [1.807, 2.05) is 23.1 Å². The number of nitrogens with zero attached hydrogens (tertiary/aromatic N) is 1. The molecule has 2 amide bonds. The number of rotatable bonds is 1. The van der Waals surface area contributed by atoms with Crippen molar-refractivity contribution in [3.05, 3.63) is 29.8 Å². The summed E-state index contributed by atoms with van der Waals surface area (Å²) in [6, 6.07) is 7.34. The zero-order valence-corrected chi connectivity index (χ0v) is 18.7. The first-order valence-electron chi connectivity index (χ1n) is 12.0. The van der Waals surface area contributed by atoms with Crippen LogP contribution in [0.2, 0.25) is 0 Å². The minimum Gasteiger partial charge on any atom is -0.493 e. The van der Waals surface area contributed by atoms with Crippen LogP contribution in [0.1, 0.15) is 74.6 Å². The van der Waals surface area contributed by atoms with Crippen molar-refractivity contribution < 1.29 is 23.1 Å². The van der Waals surface area contributed by atoms with Crippen LogP contribution in [0, 0.1) is 11.3 Å². The Hall–Kier alpha value is -2.18. The van der Waals surface area contributed by atoms with Gasteiger partial charge in [0.2, 0.25) is 11.8 Å². The standard InChI is InChI=1S/C25H34F2N2O3/c26-25(27)11-8-19(9-12-25)23(31)29-15-13-24(14-16-29)10-4-1-5-17-32-21-7-3-2-6-20(21)22(30)28-18-24/h2-3,6-7,19H,1,4-5,8-18H2,(H,28,30). The highest BCUT2D eigenvalue weighted by Gasteiger charge is 2.41. The molecule has 7 heteroatoms. The van der Waals surface area contributed by atoms with Gasteiger partial charge >= 0.3 is 0 Å². The Morgan fingerprint density at radius 2 is 1.72 bits per heavy atom. The molecule has 32 heavy (non-hydrogen) atoms. The molecule has 0 radical (unpaired) electrons. The van der Waals surface area contributed by atoms with Crippen molar-refractivity contribution in [1.29, 1.82) is 0 Å². The number of alkyl halides is 2. The lowest BCUT2D eigenvalue weighted by molar-refractivity contribution is -0.142. The lowest BCUT2D eigenvalue weighted by atomic mass is 9.73. The zero-order valence-electron chi connectivity index (χ0n) is 18.7. The van der Waals surface area contributed by atoms with Crippen LogP contribution in [-0.2, 0) is 4.79 Å². The Labute approximate surface area is 188 Å². The van der Waals surface area contributed by atoms with Gasteiger partial charge in [-0.2, -0.15) is 0 Å². The quantitative estimate of drug-likeness (QED) is 0.671. The summed E-state index contributed by atoms with van der Waals surface area (Å²) >= 11 is 0. The molecule has 2 heterocycles. The summed E-state index contributed by atoms with van der Waals surface area (Å²) in [6.45, 7) is 2.46. The van der Waals surface area contributed by atoms with Gasteiger partial charge in [-0.15, -0.1) is 0 Å². The van der Waals surface area contributed by atoms with Crippen LogP contribution in [0.5, 0.6) is 5.75 Å². The molecule has 1 N–H and O–H groups in total. The molecule has 0 unspecified atom stereocenters. The van der Waals surface area contributed by atoms with Crippen molar-refractivity contribution in [3.63, 3.8) is 0 Å². The molecule has 3 aliphatic rings. The van der Waals surface area contributed by atoms with E-state index in [1.54, 1.807) is 6.07 Å². The van der Waals surface area contributed by atoms with Crippen molar-refractivity contribution >= 4 is 11.8 Å². The van der Waals surface area contributed by atoms with Crippen LogP contribution in [0.3, 0.4) is 0 Å². The van der Waals surface area contributed by atoms with Crippen molar-refractivity contribution in [3.8, 4) is 5.75 Å². The maximum atomic E-state index is 13.5. The number of piperidine rings is 1. The summed E-state index contributed by atoms with van der Waals surface area (Å²) in [5, 5.41) is 3.13. The number of benzene rings is 1. The fraction of sp³-hybridized carbons (Fsp3) is 0.680. The number of likely N-dealkylation sites (tertiary alicyclic amines) is 1. The maximum absolute atomic E-state index is 13.5. The Balaban J connectivity index is 1.38. The largest absolute Gasteiger partial charge is 0.493 e. The van der Waals surface area contributed by atoms with E-state index >= 15 is 0 Å². The topological polar surface area (TPSA) is 58.6 Å². The smallest absolute Gasteiger partial charge is 0.255 e. The van der Waals surface area contributed by atoms with E-state index in [0.29, 0.717) is 37.6 Å². The number of para-hydroxylation sites is 1. The van der Waals surface area contributed by atoms with Gasteiger partial charge < -0.3 is 15.0 Å². The predicted octanol–water partition coefficient (Wildman–Crippen LogP) is 4.80. The summed E-state index contributed by atoms with van der Waals surface area (Å²) in [7, 11) is 0. The van der Waals surface area contributed by atoms with Crippen LogP contribution in [0.4, 0.5) is 8.78 Å². The summed E-state index contributed by atoms with van der Waals surface area (Å²) in [5.41, 5.74) is 0.533.